The number of hydrogen-bond acceptors (Lipinski definition) is 4. The van der Waals surface area contributed by atoms with Gasteiger partial charge in [-0.1, -0.05) is 109 Å². The number of allylic oxidation sites excluding steroid dienone is 1. The van der Waals surface area contributed by atoms with Crippen LogP contribution in [0.15, 0.2) is 65.0 Å². The zero-order chi connectivity index (χ0) is 29.7. The van der Waals surface area contributed by atoms with Crippen molar-refractivity contribution in [1.29, 1.82) is 0 Å². The van der Waals surface area contributed by atoms with Gasteiger partial charge in [0.2, 0.25) is 0 Å². The third-order valence-corrected chi connectivity index (χ3v) is 7.20. The summed E-state index contributed by atoms with van der Waals surface area (Å²) >= 11 is 0. The monoisotopic (exact) mass is 556 g/mol. The van der Waals surface area contributed by atoms with Crippen molar-refractivity contribution in [2.45, 2.75) is 118 Å². The molecule has 0 unspecified atom stereocenters. The van der Waals surface area contributed by atoms with Gasteiger partial charge in [-0.25, -0.2) is 0 Å². The predicted octanol–water partition coefficient (Wildman–Crippen LogP) is 10.0. The number of azo groups is 1. The quantitative estimate of drug-likeness (QED) is 0.0968. The smallest absolute Gasteiger partial charge is 0.0891 e. The fourth-order valence-corrected chi connectivity index (χ4v) is 4.71. The third-order valence-electron chi connectivity index (χ3n) is 7.20. The second-order valence-electron chi connectivity index (χ2n) is 11.8. The molecule has 2 N–H and O–H groups in total. The van der Waals surface area contributed by atoms with Crippen molar-refractivity contribution >= 4 is 11.4 Å². The maximum Gasteiger partial charge on any atom is 0.0891 e. The molecule has 2 aromatic rings. The number of unbranched alkanes of at least 4 members (excludes halogenated alkanes) is 6. The Kier molecular flexibility index (Phi) is 17.5. The van der Waals surface area contributed by atoms with Gasteiger partial charge in [0.25, 0.3) is 0 Å². The average Bonchev–Trinajstić information content (AvgIpc) is 2.96. The second kappa shape index (κ2) is 20.9. The highest BCUT2D eigenvalue weighted by Crippen LogP contribution is 2.26. The number of rotatable bonds is 20. The molecule has 0 amide bonds. The number of nitrogens with zero attached hydrogens (tertiary/aromatic N) is 2. The Balaban J connectivity index is 1.76. The van der Waals surface area contributed by atoms with Crippen LogP contribution in [0.25, 0.3) is 0 Å². The Hall–Kier alpha value is -2.90. The van der Waals surface area contributed by atoms with Gasteiger partial charge in [-0.3, -0.25) is 0 Å². The average molecular weight is 557 g/mol. The molecule has 2 rings (SSSR count). The van der Waals surface area contributed by atoms with E-state index in [1.807, 2.05) is 0 Å². The lowest BCUT2D eigenvalue weighted by Crippen LogP contribution is -2.23. The van der Waals surface area contributed by atoms with Crippen LogP contribution >= 0.6 is 0 Å². The predicted molar refractivity (Wildman–Crippen MR) is 178 cm³/mol. The van der Waals surface area contributed by atoms with E-state index in [0.717, 1.165) is 55.7 Å². The number of aryl methyl sites for hydroxylation is 3. The van der Waals surface area contributed by atoms with Gasteiger partial charge in [0, 0.05) is 17.7 Å². The zero-order valence-corrected chi connectivity index (χ0v) is 26.7. The fourth-order valence-electron chi connectivity index (χ4n) is 4.71. The molecule has 41 heavy (non-hydrogen) atoms. The molecular weight excluding hydrogens is 500 g/mol. The molecule has 0 radical (unpaired) electrons. The zero-order valence-electron chi connectivity index (χ0n) is 26.7. The number of nitrogens with one attached hydrogen (secondary N) is 2. The molecule has 0 aliphatic heterocycles. The molecular formula is C37H56N4. The lowest BCUT2D eigenvalue weighted by Gasteiger charge is -2.08. The first-order valence-corrected chi connectivity index (χ1v) is 16.1. The summed E-state index contributed by atoms with van der Waals surface area (Å²) in [5, 5.41) is 16.1. The van der Waals surface area contributed by atoms with Crippen LogP contribution < -0.4 is 10.6 Å². The van der Waals surface area contributed by atoms with Crippen molar-refractivity contribution in [2.24, 2.45) is 16.1 Å². The summed E-state index contributed by atoms with van der Waals surface area (Å²) in [4.78, 5) is 0. The van der Waals surface area contributed by atoms with Gasteiger partial charge in [-0.15, -0.1) is 0 Å². The molecule has 4 heteroatoms. The van der Waals surface area contributed by atoms with E-state index in [-0.39, 0.29) is 0 Å². The highest BCUT2D eigenvalue weighted by Gasteiger charge is 2.05. The molecule has 0 saturated heterocycles. The Morgan fingerprint density at radius 1 is 0.805 bits per heavy atom. The highest BCUT2D eigenvalue weighted by molar-refractivity contribution is 5.49. The molecule has 0 spiro atoms. The molecule has 0 aliphatic rings. The number of benzene rings is 2. The summed E-state index contributed by atoms with van der Waals surface area (Å²) in [6.45, 7) is 16.8. The van der Waals surface area contributed by atoms with Crippen molar-refractivity contribution in [3.63, 3.8) is 0 Å². The van der Waals surface area contributed by atoms with Gasteiger partial charge < -0.3 is 10.6 Å². The van der Waals surface area contributed by atoms with Crippen molar-refractivity contribution in [2.75, 3.05) is 13.1 Å². The maximum absolute atomic E-state index is 4.70. The van der Waals surface area contributed by atoms with Gasteiger partial charge in [0.1, 0.15) is 0 Å². The van der Waals surface area contributed by atoms with Crippen LogP contribution in [0.5, 0.6) is 0 Å². The van der Waals surface area contributed by atoms with Crippen molar-refractivity contribution < 1.29 is 0 Å². The molecule has 4 nitrogen and oxygen atoms in total. The first-order chi connectivity index (χ1) is 19.9. The Labute approximate surface area is 251 Å². The highest BCUT2D eigenvalue weighted by atomic mass is 15.1. The van der Waals surface area contributed by atoms with E-state index in [4.69, 9.17) is 5.11 Å². The summed E-state index contributed by atoms with van der Waals surface area (Å²) in [6, 6.07) is 15.8. The SMILES string of the molecule is C=C(CCCc1ccc(N=Nc2cc(CC)ccc2CCCCCCCCCNC(C)C)cc1)NCC#CC(C)C. The second-order valence-corrected chi connectivity index (χ2v) is 11.8. The topological polar surface area (TPSA) is 48.8 Å². The Morgan fingerprint density at radius 2 is 1.49 bits per heavy atom. The third kappa shape index (κ3) is 16.2. The Bertz CT molecular complexity index is 1090. The van der Waals surface area contributed by atoms with Gasteiger partial charge in [-0.05, 0) is 86.4 Å². The van der Waals surface area contributed by atoms with Crippen LogP contribution in [0.3, 0.4) is 0 Å². The summed E-state index contributed by atoms with van der Waals surface area (Å²) in [6.07, 6.45) is 14.3. The number of hydrogen-bond donors (Lipinski definition) is 2. The summed E-state index contributed by atoms with van der Waals surface area (Å²) in [7, 11) is 0. The molecule has 0 saturated carbocycles. The van der Waals surface area contributed by atoms with E-state index in [0.29, 0.717) is 18.5 Å². The van der Waals surface area contributed by atoms with Crippen LogP contribution in [-0.2, 0) is 19.3 Å². The van der Waals surface area contributed by atoms with Gasteiger partial charge in [-0.2, -0.15) is 10.2 Å². The van der Waals surface area contributed by atoms with Crippen molar-refractivity contribution in [3.05, 3.63) is 71.4 Å². The lowest BCUT2D eigenvalue weighted by atomic mass is 10.0. The summed E-state index contributed by atoms with van der Waals surface area (Å²) < 4.78 is 0. The maximum atomic E-state index is 4.70. The minimum Gasteiger partial charge on any atom is -0.378 e. The van der Waals surface area contributed by atoms with Crippen molar-refractivity contribution in [3.8, 4) is 11.8 Å². The van der Waals surface area contributed by atoms with Gasteiger partial charge >= 0.3 is 0 Å². The van der Waals surface area contributed by atoms with Crippen LogP contribution in [0.1, 0.15) is 109 Å². The van der Waals surface area contributed by atoms with Gasteiger partial charge in [0.15, 0.2) is 0 Å². The molecule has 0 bridgehead atoms. The largest absolute Gasteiger partial charge is 0.378 e. The van der Waals surface area contributed by atoms with E-state index in [9.17, 15) is 0 Å². The van der Waals surface area contributed by atoms with Crippen LogP contribution in [0.4, 0.5) is 11.4 Å². The van der Waals surface area contributed by atoms with E-state index in [2.05, 4.69) is 111 Å². The van der Waals surface area contributed by atoms with Crippen LogP contribution in [0, 0.1) is 17.8 Å². The van der Waals surface area contributed by atoms with Crippen LogP contribution in [-0.4, -0.2) is 19.1 Å². The normalized spacial score (nSPS) is 11.3. The molecule has 0 aliphatic carbocycles. The summed E-state index contributed by atoms with van der Waals surface area (Å²) in [5.41, 5.74) is 6.93. The van der Waals surface area contributed by atoms with E-state index < -0.39 is 0 Å². The Morgan fingerprint density at radius 3 is 2.17 bits per heavy atom. The lowest BCUT2D eigenvalue weighted by molar-refractivity contribution is 0.529. The minimum absolute atomic E-state index is 0.411. The van der Waals surface area contributed by atoms with E-state index >= 15 is 0 Å². The molecule has 0 aromatic heterocycles. The summed E-state index contributed by atoms with van der Waals surface area (Å²) in [5.74, 6) is 6.73. The van der Waals surface area contributed by atoms with E-state index in [1.54, 1.807) is 0 Å². The minimum atomic E-state index is 0.411. The van der Waals surface area contributed by atoms with Crippen LogP contribution in [0.2, 0.25) is 0 Å². The van der Waals surface area contributed by atoms with Crippen molar-refractivity contribution in [1.82, 2.24) is 10.6 Å². The molecule has 0 heterocycles. The molecule has 0 atom stereocenters. The first-order valence-electron chi connectivity index (χ1n) is 16.1. The molecule has 2 aromatic carbocycles. The van der Waals surface area contributed by atoms with Gasteiger partial charge in [0.05, 0.1) is 17.9 Å². The molecule has 224 valence electrons. The van der Waals surface area contributed by atoms with E-state index in [1.165, 1.54) is 61.6 Å². The standard InChI is InChI=1S/C37H56N4/c1-7-33-21-24-35(20-13-11-9-8-10-12-14-27-38-31(4)5)37(29-33)41-40-36-25-22-34(23-26-36)19-15-18-32(6)39-28-16-17-30(2)3/h21-26,29-31,38-39H,6-15,18-20,27-28H2,1-5H3. The first kappa shape index (κ1) is 34.3. The molecule has 0 fully saturated rings. The fraction of sp³-hybridized carbons (Fsp3) is 0.568.